The van der Waals surface area contributed by atoms with Gasteiger partial charge < -0.3 is 5.32 Å². The van der Waals surface area contributed by atoms with Crippen molar-refractivity contribution in [3.05, 3.63) is 28.5 Å². The molecule has 3 rings (SSSR count). The zero-order valence-electron chi connectivity index (χ0n) is 10.8. The van der Waals surface area contributed by atoms with E-state index in [9.17, 15) is 0 Å². The van der Waals surface area contributed by atoms with E-state index in [0.717, 1.165) is 36.6 Å². The van der Waals surface area contributed by atoms with E-state index in [2.05, 4.69) is 50.2 Å². The Kier molecular flexibility index (Phi) is 3.43. The van der Waals surface area contributed by atoms with Crippen LogP contribution in [-0.4, -0.2) is 35.1 Å². The lowest BCUT2D eigenvalue weighted by atomic mass is 9.93. The van der Waals surface area contributed by atoms with Crippen LogP contribution in [0.4, 0.5) is 0 Å². The molecule has 0 bridgehead atoms. The maximum atomic E-state index is 4.47. The molecule has 1 aromatic rings. The molecular formula is C14H20BrN3. The fraction of sp³-hybridized carbons (Fsp3) is 0.643. The van der Waals surface area contributed by atoms with Crippen molar-refractivity contribution in [1.82, 2.24) is 15.2 Å². The standard InChI is InChI=1S/C14H20BrN3/c1-14(11-2-3-11)10-18(7-6-17-14)9-13-5-4-12(15)8-16-13/h4-5,8,11,17H,2-3,6-7,9-10H2,1H3. The molecule has 98 valence electrons. The first kappa shape index (κ1) is 12.6. The van der Waals surface area contributed by atoms with Crippen LogP contribution in [0.3, 0.4) is 0 Å². The van der Waals surface area contributed by atoms with E-state index in [1.807, 2.05) is 6.20 Å². The monoisotopic (exact) mass is 309 g/mol. The fourth-order valence-electron chi connectivity index (χ4n) is 2.96. The smallest absolute Gasteiger partial charge is 0.0544 e. The third-order valence-electron chi connectivity index (χ3n) is 4.16. The number of piperazine rings is 1. The molecule has 1 aromatic heterocycles. The van der Waals surface area contributed by atoms with E-state index in [1.165, 1.54) is 18.5 Å². The van der Waals surface area contributed by atoms with Gasteiger partial charge in [-0.05, 0) is 53.7 Å². The number of hydrogen-bond donors (Lipinski definition) is 1. The lowest BCUT2D eigenvalue weighted by Crippen LogP contribution is -2.59. The van der Waals surface area contributed by atoms with E-state index in [-0.39, 0.29) is 0 Å². The second-order valence-electron chi connectivity index (χ2n) is 5.80. The lowest BCUT2D eigenvalue weighted by molar-refractivity contribution is 0.120. The third-order valence-corrected chi connectivity index (χ3v) is 4.63. The number of nitrogens with zero attached hydrogens (tertiary/aromatic N) is 2. The summed E-state index contributed by atoms with van der Waals surface area (Å²) in [6.45, 7) is 6.72. The minimum absolute atomic E-state index is 0.327. The van der Waals surface area contributed by atoms with Crippen LogP contribution in [0.1, 0.15) is 25.5 Å². The van der Waals surface area contributed by atoms with Crippen molar-refractivity contribution in [2.24, 2.45) is 5.92 Å². The summed E-state index contributed by atoms with van der Waals surface area (Å²) in [7, 11) is 0. The largest absolute Gasteiger partial charge is 0.309 e. The van der Waals surface area contributed by atoms with Crippen LogP contribution in [0.25, 0.3) is 0 Å². The van der Waals surface area contributed by atoms with Crippen molar-refractivity contribution < 1.29 is 0 Å². The Morgan fingerprint density at radius 1 is 1.50 bits per heavy atom. The number of halogens is 1. The summed E-state index contributed by atoms with van der Waals surface area (Å²) in [5.41, 5.74) is 1.49. The Hall–Kier alpha value is -0.450. The highest BCUT2D eigenvalue weighted by Gasteiger charge is 2.43. The van der Waals surface area contributed by atoms with Crippen LogP contribution in [-0.2, 0) is 6.54 Å². The van der Waals surface area contributed by atoms with Gasteiger partial charge in [0.1, 0.15) is 0 Å². The summed E-state index contributed by atoms with van der Waals surface area (Å²) in [5.74, 6) is 0.887. The van der Waals surface area contributed by atoms with Gasteiger partial charge in [-0.25, -0.2) is 0 Å². The van der Waals surface area contributed by atoms with E-state index < -0.39 is 0 Å². The molecule has 0 amide bonds. The maximum absolute atomic E-state index is 4.47. The minimum atomic E-state index is 0.327. The van der Waals surface area contributed by atoms with Crippen molar-refractivity contribution in [2.75, 3.05) is 19.6 Å². The van der Waals surface area contributed by atoms with Gasteiger partial charge >= 0.3 is 0 Å². The average molecular weight is 310 g/mol. The molecule has 4 heteroatoms. The number of rotatable bonds is 3. The van der Waals surface area contributed by atoms with Crippen molar-refractivity contribution in [2.45, 2.75) is 31.8 Å². The van der Waals surface area contributed by atoms with Gasteiger partial charge in [-0.2, -0.15) is 0 Å². The summed E-state index contributed by atoms with van der Waals surface area (Å²) in [5, 5.41) is 3.71. The molecule has 0 spiro atoms. The summed E-state index contributed by atoms with van der Waals surface area (Å²) >= 11 is 3.43. The van der Waals surface area contributed by atoms with Crippen molar-refractivity contribution in [3.8, 4) is 0 Å². The van der Waals surface area contributed by atoms with Gasteiger partial charge in [-0.15, -0.1) is 0 Å². The van der Waals surface area contributed by atoms with Gasteiger partial charge in [0.05, 0.1) is 5.69 Å². The van der Waals surface area contributed by atoms with Crippen LogP contribution < -0.4 is 5.32 Å². The molecule has 1 N–H and O–H groups in total. The quantitative estimate of drug-likeness (QED) is 0.929. The zero-order chi connectivity index (χ0) is 12.6. The highest BCUT2D eigenvalue weighted by Crippen LogP contribution is 2.40. The lowest BCUT2D eigenvalue weighted by Gasteiger charge is -2.42. The molecule has 1 saturated carbocycles. The average Bonchev–Trinajstić information content (AvgIpc) is 3.17. The Labute approximate surface area is 117 Å². The number of hydrogen-bond acceptors (Lipinski definition) is 3. The van der Waals surface area contributed by atoms with Crippen LogP contribution in [0, 0.1) is 5.92 Å². The van der Waals surface area contributed by atoms with Crippen molar-refractivity contribution in [3.63, 3.8) is 0 Å². The molecule has 18 heavy (non-hydrogen) atoms. The molecule has 2 heterocycles. The summed E-state index contributed by atoms with van der Waals surface area (Å²) in [4.78, 5) is 7.00. The summed E-state index contributed by atoms with van der Waals surface area (Å²) < 4.78 is 1.05. The molecule has 0 radical (unpaired) electrons. The molecule has 1 atom stereocenters. The van der Waals surface area contributed by atoms with Crippen molar-refractivity contribution >= 4 is 15.9 Å². The molecule has 0 aromatic carbocycles. The van der Waals surface area contributed by atoms with Crippen molar-refractivity contribution in [1.29, 1.82) is 0 Å². The molecule has 2 aliphatic rings. The van der Waals surface area contributed by atoms with E-state index in [1.54, 1.807) is 0 Å². The van der Waals surface area contributed by atoms with Gasteiger partial charge in [0.25, 0.3) is 0 Å². The van der Waals surface area contributed by atoms with E-state index in [4.69, 9.17) is 0 Å². The highest BCUT2D eigenvalue weighted by molar-refractivity contribution is 9.10. The Morgan fingerprint density at radius 2 is 2.33 bits per heavy atom. The molecule has 1 unspecified atom stereocenters. The molecule has 1 saturated heterocycles. The Balaban J connectivity index is 1.64. The van der Waals surface area contributed by atoms with Crippen LogP contribution in [0.2, 0.25) is 0 Å². The Bertz CT molecular complexity index is 416. The first-order chi connectivity index (χ1) is 8.66. The first-order valence-electron chi connectivity index (χ1n) is 6.73. The third kappa shape index (κ3) is 2.76. The topological polar surface area (TPSA) is 28.2 Å². The minimum Gasteiger partial charge on any atom is -0.309 e. The molecule has 1 aliphatic heterocycles. The SMILES string of the molecule is CC1(C2CC2)CN(Cc2ccc(Br)cn2)CCN1. The number of pyridine rings is 1. The van der Waals surface area contributed by atoms with Gasteiger partial charge in [0.15, 0.2) is 0 Å². The van der Waals surface area contributed by atoms with Gasteiger partial charge in [-0.3, -0.25) is 9.88 Å². The van der Waals surface area contributed by atoms with Crippen LogP contribution >= 0.6 is 15.9 Å². The molecular weight excluding hydrogens is 290 g/mol. The molecule has 2 fully saturated rings. The number of aromatic nitrogens is 1. The fourth-order valence-corrected chi connectivity index (χ4v) is 3.19. The normalized spacial score (nSPS) is 29.4. The Morgan fingerprint density at radius 3 is 3.00 bits per heavy atom. The second-order valence-corrected chi connectivity index (χ2v) is 6.71. The molecule has 1 aliphatic carbocycles. The predicted octanol–water partition coefficient (Wildman–Crippen LogP) is 2.42. The van der Waals surface area contributed by atoms with Crippen LogP contribution in [0.5, 0.6) is 0 Å². The van der Waals surface area contributed by atoms with Gasteiger partial charge in [-0.1, -0.05) is 0 Å². The van der Waals surface area contributed by atoms with Gasteiger partial charge in [0.2, 0.25) is 0 Å². The van der Waals surface area contributed by atoms with E-state index in [0.29, 0.717) is 5.54 Å². The predicted molar refractivity (Wildman–Crippen MR) is 76.3 cm³/mol. The highest BCUT2D eigenvalue weighted by atomic mass is 79.9. The summed E-state index contributed by atoms with van der Waals surface area (Å²) in [6.07, 6.45) is 4.68. The maximum Gasteiger partial charge on any atom is 0.0544 e. The second kappa shape index (κ2) is 4.91. The zero-order valence-corrected chi connectivity index (χ0v) is 12.4. The first-order valence-corrected chi connectivity index (χ1v) is 7.53. The molecule has 3 nitrogen and oxygen atoms in total. The van der Waals surface area contributed by atoms with Crippen LogP contribution in [0.15, 0.2) is 22.8 Å². The van der Waals surface area contributed by atoms with E-state index >= 15 is 0 Å². The summed E-state index contributed by atoms with van der Waals surface area (Å²) in [6, 6.07) is 4.19. The van der Waals surface area contributed by atoms with Gasteiger partial charge in [0, 0.05) is 42.4 Å². The number of nitrogens with one attached hydrogen (secondary N) is 1.